The van der Waals surface area contributed by atoms with E-state index in [2.05, 4.69) is 0 Å². The third-order valence-corrected chi connectivity index (χ3v) is 1.73. The van der Waals surface area contributed by atoms with Crippen LogP contribution in [0, 0.1) is 28.6 Å². The zero-order valence-corrected chi connectivity index (χ0v) is 7.07. The van der Waals surface area contributed by atoms with Crippen LogP contribution in [0.5, 0.6) is 0 Å². The highest BCUT2D eigenvalue weighted by Gasteiger charge is 2.05. The summed E-state index contributed by atoms with van der Waals surface area (Å²) in [5.41, 5.74) is 7.14. The number of hydrogen-bond acceptors (Lipinski definition) is 3. The Morgan fingerprint density at radius 2 is 1.69 bits per heavy atom. The summed E-state index contributed by atoms with van der Waals surface area (Å²) in [6, 6.07) is 11.0. The molecule has 0 aromatic heterocycles. The van der Waals surface area contributed by atoms with Gasteiger partial charge in [-0.3, -0.25) is 0 Å². The van der Waals surface area contributed by atoms with Crippen LogP contribution in [0.4, 0.5) is 5.69 Å². The molecule has 1 aromatic carbocycles. The standard InChI is InChI=1S/C10H9N3/c11-6-9(7-12)5-8-1-3-10(13)4-2-8/h1-4,9H,5,13H2. The summed E-state index contributed by atoms with van der Waals surface area (Å²) in [7, 11) is 0. The highest BCUT2D eigenvalue weighted by Crippen LogP contribution is 2.10. The Balaban J connectivity index is 2.71. The minimum absolute atomic E-state index is 0.466. The van der Waals surface area contributed by atoms with Gasteiger partial charge in [-0.15, -0.1) is 0 Å². The molecule has 2 N–H and O–H groups in total. The first-order valence-electron chi connectivity index (χ1n) is 3.90. The van der Waals surface area contributed by atoms with Crippen LogP contribution in [0.3, 0.4) is 0 Å². The number of anilines is 1. The van der Waals surface area contributed by atoms with Gasteiger partial charge in [-0.1, -0.05) is 12.1 Å². The second kappa shape index (κ2) is 4.13. The molecule has 64 valence electrons. The van der Waals surface area contributed by atoms with E-state index in [1.165, 1.54) is 0 Å². The fraction of sp³-hybridized carbons (Fsp3) is 0.200. The molecule has 1 rings (SSSR count). The van der Waals surface area contributed by atoms with E-state index < -0.39 is 5.92 Å². The lowest BCUT2D eigenvalue weighted by molar-refractivity contribution is 0.834. The normalized spacial score (nSPS) is 9.15. The van der Waals surface area contributed by atoms with Crippen molar-refractivity contribution >= 4 is 5.69 Å². The molecule has 0 amide bonds. The van der Waals surface area contributed by atoms with Crippen LogP contribution < -0.4 is 5.73 Å². The number of benzene rings is 1. The van der Waals surface area contributed by atoms with E-state index in [4.69, 9.17) is 16.3 Å². The molecule has 3 nitrogen and oxygen atoms in total. The summed E-state index contributed by atoms with van der Waals surface area (Å²) >= 11 is 0. The molecule has 0 heterocycles. The third-order valence-electron chi connectivity index (χ3n) is 1.73. The van der Waals surface area contributed by atoms with Crippen molar-refractivity contribution < 1.29 is 0 Å². The first kappa shape index (κ1) is 9.09. The van der Waals surface area contributed by atoms with Crippen molar-refractivity contribution in [2.45, 2.75) is 6.42 Å². The Hall–Kier alpha value is -2.00. The maximum absolute atomic E-state index is 8.54. The van der Waals surface area contributed by atoms with Crippen LogP contribution in [0.25, 0.3) is 0 Å². The van der Waals surface area contributed by atoms with Crippen molar-refractivity contribution in [3.8, 4) is 12.1 Å². The topological polar surface area (TPSA) is 73.6 Å². The molecular formula is C10H9N3. The van der Waals surface area contributed by atoms with Gasteiger partial charge in [0.1, 0.15) is 5.92 Å². The molecule has 0 aliphatic carbocycles. The summed E-state index contributed by atoms with van der Waals surface area (Å²) in [6.07, 6.45) is 0.466. The number of nitrogens with zero attached hydrogens (tertiary/aromatic N) is 2. The zero-order chi connectivity index (χ0) is 9.68. The molecular weight excluding hydrogens is 162 g/mol. The van der Waals surface area contributed by atoms with Crippen molar-refractivity contribution in [3.05, 3.63) is 29.8 Å². The van der Waals surface area contributed by atoms with Gasteiger partial charge in [0.15, 0.2) is 0 Å². The van der Waals surface area contributed by atoms with E-state index in [0.29, 0.717) is 12.1 Å². The van der Waals surface area contributed by atoms with Crippen molar-refractivity contribution in [1.82, 2.24) is 0 Å². The predicted octanol–water partition coefficient (Wildman–Crippen LogP) is 1.47. The Morgan fingerprint density at radius 3 is 2.15 bits per heavy atom. The smallest absolute Gasteiger partial charge is 0.137 e. The second-order valence-electron chi connectivity index (χ2n) is 2.76. The van der Waals surface area contributed by atoms with Gasteiger partial charge in [0.2, 0.25) is 0 Å². The van der Waals surface area contributed by atoms with Gasteiger partial charge < -0.3 is 5.73 Å². The van der Waals surface area contributed by atoms with Gasteiger partial charge in [0, 0.05) is 12.1 Å². The van der Waals surface area contributed by atoms with E-state index in [-0.39, 0.29) is 0 Å². The van der Waals surface area contributed by atoms with Gasteiger partial charge >= 0.3 is 0 Å². The third kappa shape index (κ3) is 2.50. The van der Waals surface area contributed by atoms with Gasteiger partial charge in [-0.25, -0.2) is 0 Å². The Morgan fingerprint density at radius 1 is 1.15 bits per heavy atom. The summed E-state index contributed by atoms with van der Waals surface area (Å²) in [6.45, 7) is 0. The monoisotopic (exact) mass is 171 g/mol. The molecule has 0 bridgehead atoms. The molecule has 0 saturated heterocycles. The molecule has 0 fully saturated rings. The summed E-state index contributed by atoms with van der Waals surface area (Å²) in [5.74, 6) is -0.566. The van der Waals surface area contributed by atoms with Crippen LogP contribution in [-0.4, -0.2) is 0 Å². The number of hydrogen-bond donors (Lipinski definition) is 1. The number of rotatable bonds is 2. The molecule has 13 heavy (non-hydrogen) atoms. The molecule has 0 aliphatic heterocycles. The van der Waals surface area contributed by atoms with Crippen LogP contribution in [-0.2, 0) is 6.42 Å². The summed E-state index contributed by atoms with van der Waals surface area (Å²) < 4.78 is 0. The van der Waals surface area contributed by atoms with E-state index >= 15 is 0 Å². The van der Waals surface area contributed by atoms with E-state index in [1.54, 1.807) is 12.1 Å². The van der Waals surface area contributed by atoms with Crippen molar-refractivity contribution in [3.63, 3.8) is 0 Å². The molecule has 0 unspecified atom stereocenters. The van der Waals surface area contributed by atoms with Crippen LogP contribution in [0.15, 0.2) is 24.3 Å². The fourth-order valence-electron chi connectivity index (χ4n) is 1.01. The average Bonchev–Trinajstić information content (AvgIpc) is 2.17. The van der Waals surface area contributed by atoms with Crippen LogP contribution in [0.1, 0.15) is 5.56 Å². The van der Waals surface area contributed by atoms with Crippen molar-refractivity contribution in [1.29, 1.82) is 10.5 Å². The highest BCUT2D eigenvalue weighted by atomic mass is 14.5. The van der Waals surface area contributed by atoms with Crippen molar-refractivity contribution in [2.75, 3.05) is 5.73 Å². The Bertz CT molecular complexity index is 339. The molecule has 0 spiro atoms. The zero-order valence-electron chi connectivity index (χ0n) is 7.07. The lowest BCUT2D eigenvalue weighted by atomic mass is 10.0. The molecule has 0 saturated carbocycles. The van der Waals surface area contributed by atoms with Gasteiger partial charge in [0.25, 0.3) is 0 Å². The first-order chi connectivity index (χ1) is 6.26. The van der Waals surface area contributed by atoms with E-state index in [9.17, 15) is 0 Å². The maximum atomic E-state index is 8.54. The minimum Gasteiger partial charge on any atom is -0.399 e. The molecule has 3 heteroatoms. The lowest BCUT2D eigenvalue weighted by Crippen LogP contribution is -1.98. The second-order valence-corrected chi connectivity index (χ2v) is 2.76. The average molecular weight is 171 g/mol. The van der Waals surface area contributed by atoms with Gasteiger partial charge in [-0.2, -0.15) is 10.5 Å². The minimum atomic E-state index is -0.566. The van der Waals surface area contributed by atoms with Crippen LogP contribution >= 0.6 is 0 Å². The van der Waals surface area contributed by atoms with Crippen LogP contribution in [0.2, 0.25) is 0 Å². The van der Waals surface area contributed by atoms with Crippen molar-refractivity contribution in [2.24, 2.45) is 5.92 Å². The predicted molar refractivity (Wildman–Crippen MR) is 49.3 cm³/mol. The molecule has 0 aliphatic rings. The fourth-order valence-corrected chi connectivity index (χ4v) is 1.01. The quantitative estimate of drug-likeness (QED) is 0.685. The summed E-state index contributed by atoms with van der Waals surface area (Å²) in [4.78, 5) is 0. The highest BCUT2D eigenvalue weighted by molar-refractivity contribution is 5.39. The lowest BCUT2D eigenvalue weighted by Gasteiger charge is -2.00. The number of nitrogens with two attached hydrogens (primary N) is 1. The van der Waals surface area contributed by atoms with Gasteiger partial charge in [0.05, 0.1) is 12.1 Å². The molecule has 0 radical (unpaired) electrons. The maximum Gasteiger partial charge on any atom is 0.137 e. The SMILES string of the molecule is N#CC(C#N)Cc1ccc(N)cc1. The largest absolute Gasteiger partial charge is 0.399 e. The number of nitrogen functional groups attached to an aromatic ring is 1. The Labute approximate surface area is 77.0 Å². The first-order valence-corrected chi connectivity index (χ1v) is 3.90. The summed E-state index contributed by atoms with van der Waals surface area (Å²) in [5, 5.41) is 17.1. The molecule has 1 aromatic rings. The van der Waals surface area contributed by atoms with E-state index in [0.717, 1.165) is 5.56 Å². The Kier molecular flexibility index (Phi) is 2.89. The molecule has 0 atom stereocenters. The van der Waals surface area contributed by atoms with Gasteiger partial charge in [-0.05, 0) is 17.7 Å². The van der Waals surface area contributed by atoms with E-state index in [1.807, 2.05) is 24.3 Å². The number of nitriles is 2.